The number of aromatic amines is 1. The van der Waals surface area contributed by atoms with Crippen LogP contribution in [0.4, 0.5) is 10.1 Å². The second kappa shape index (κ2) is 6.71. The predicted molar refractivity (Wildman–Crippen MR) is 99.4 cm³/mol. The quantitative estimate of drug-likeness (QED) is 0.786. The normalized spacial score (nSPS) is 14.7. The number of carbonyl (C=O) groups is 1. The van der Waals surface area contributed by atoms with Crippen LogP contribution in [0.2, 0.25) is 0 Å². The van der Waals surface area contributed by atoms with Crippen molar-refractivity contribution < 1.29 is 13.9 Å². The third-order valence-corrected chi connectivity index (χ3v) is 4.87. The van der Waals surface area contributed by atoms with Gasteiger partial charge in [-0.3, -0.25) is 4.79 Å². The number of halogens is 1. The zero-order valence-electron chi connectivity index (χ0n) is 14.5. The van der Waals surface area contributed by atoms with E-state index in [4.69, 9.17) is 4.74 Å². The van der Waals surface area contributed by atoms with Crippen molar-refractivity contribution in [3.8, 4) is 5.75 Å². The highest BCUT2D eigenvalue weighted by Gasteiger charge is 2.25. The van der Waals surface area contributed by atoms with Crippen LogP contribution in [-0.2, 0) is 0 Å². The summed E-state index contributed by atoms with van der Waals surface area (Å²) in [6.07, 6.45) is 1.67. The molecule has 2 heterocycles. The first-order chi connectivity index (χ1) is 12.7. The third-order valence-electron chi connectivity index (χ3n) is 4.87. The van der Waals surface area contributed by atoms with E-state index in [1.165, 1.54) is 12.1 Å². The number of methoxy groups -OCH3 is 1. The van der Waals surface area contributed by atoms with Gasteiger partial charge in [-0.05, 0) is 30.3 Å². The molecule has 134 valence electrons. The largest absolute Gasteiger partial charge is 0.495 e. The van der Waals surface area contributed by atoms with E-state index in [9.17, 15) is 9.18 Å². The van der Waals surface area contributed by atoms with Crippen LogP contribution >= 0.6 is 0 Å². The summed E-state index contributed by atoms with van der Waals surface area (Å²) >= 11 is 0. The molecule has 0 spiro atoms. The van der Waals surface area contributed by atoms with Gasteiger partial charge in [0.05, 0.1) is 18.4 Å². The maximum atomic E-state index is 13.6. The van der Waals surface area contributed by atoms with Crippen LogP contribution in [0.3, 0.4) is 0 Å². The van der Waals surface area contributed by atoms with E-state index in [1.54, 1.807) is 19.4 Å². The van der Waals surface area contributed by atoms with Gasteiger partial charge >= 0.3 is 0 Å². The molecule has 0 atom stereocenters. The van der Waals surface area contributed by atoms with Gasteiger partial charge in [0.1, 0.15) is 11.6 Å². The van der Waals surface area contributed by atoms with Gasteiger partial charge in [-0.15, -0.1) is 0 Å². The number of hydrogen-bond donors (Lipinski definition) is 1. The lowest BCUT2D eigenvalue weighted by atomic mass is 10.1. The topological polar surface area (TPSA) is 48.6 Å². The Morgan fingerprint density at radius 3 is 2.65 bits per heavy atom. The molecule has 0 aliphatic carbocycles. The zero-order valence-corrected chi connectivity index (χ0v) is 14.5. The summed E-state index contributed by atoms with van der Waals surface area (Å²) in [4.78, 5) is 20.0. The summed E-state index contributed by atoms with van der Waals surface area (Å²) in [7, 11) is 1.66. The van der Waals surface area contributed by atoms with E-state index in [-0.39, 0.29) is 11.7 Å². The number of fused-ring (bicyclic) bond motifs is 1. The number of piperazine rings is 1. The minimum absolute atomic E-state index is 0.0680. The minimum Gasteiger partial charge on any atom is -0.495 e. The van der Waals surface area contributed by atoms with Crippen molar-refractivity contribution >= 4 is 22.5 Å². The molecule has 5 nitrogen and oxygen atoms in total. The van der Waals surface area contributed by atoms with Crippen molar-refractivity contribution in [3.05, 3.63) is 60.0 Å². The summed E-state index contributed by atoms with van der Waals surface area (Å²) in [5, 5.41) is 0.627. The van der Waals surface area contributed by atoms with E-state index >= 15 is 0 Å². The van der Waals surface area contributed by atoms with Crippen molar-refractivity contribution in [2.45, 2.75) is 0 Å². The molecule has 1 saturated heterocycles. The fraction of sp³-hybridized carbons (Fsp3) is 0.250. The molecule has 1 aliphatic rings. The highest BCUT2D eigenvalue weighted by atomic mass is 19.1. The molecule has 6 heteroatoms. The van der Waals surface area contributed by atoms with E-state index in [2.05, 4.69) is 9.88 Å². The fourth-order valence-electron chi connectivity index (χ4n) is 3.48. The Hall–Kier alpha value is -3.02. The lowest BCUT2D eigenvalue weighted by Gasteiger charge is -2.36. The number of hydrogen-bond acceptors (Lipinski definition) is 3. The second-order valence-corrected chi connectivity index (χ2v) is 6.34. The van der Waals surface area contributed by atoms with Gasteiger partial charge in [-0.2, -0.15) is 0 Å². The maximum absolute atomic E-state index is 13.6. The molecule has 0 unspecified atom stereocenters. The highest BCUT2D eigenvalue weighted by Crippen LogP contribution is 2.29. The van der Waals surface area contributed by atoms with Crippen molar-refractivity contribution in [2.24, 2.45) is 0 Å². The van der Waals surface area contributed by atoms with Crippen LogP contribution in [-0.4, -0.2) is 49.1 Å². The van der Waals surface area contributed by atoms with Gasteiger partial charge in [0, 0.05) is 43.3 Å². The standard InChI is InChI=1S/C20H20FN3O2/c1-26-19-5-3-2-4-18(19)23-8-10-24(11-9-23)20(25)16-13-22-17-7-6-14(21)12-15(16)17/h2-7,12-13,22H,8-11H2,1H3. The van der Waals surface area contributed by atoms with Crippen LogP contribution < -0.4 is 9.64 Å². The predicted octanol–water partition coefficient (Wildman–Crippen LogP) is 3.28. The van der Waals surface area contributed by atoms with Gasteiger partial charge in [-0.25, -0.2) is 4.39 Å². The van der Waals surface area contributed by atoms with Gasteiger partial charge < -0.3 is 19.5 Å². The summed E-state index contributed by atoms with van der Waals surface area (Å²) in [5.74, 6) is 0.424. The Kier molecular flexibility index (Phi) is 4.24. The van der Waals surface area contributed by atoms with Crippen LogP contribution in [0.5, 0.6) is 5.75 Å². The number of anilines is 1. The number of aromatic nitrogens is 1. The van der Waals surface area contributed by atoms with Crippen molar-refractivity contribution in [1.82, 2.24) is 9.88 Å². The molecule has 4 rings (SSSR count). The number of para-hydroxylation sites is 2. The molecule has 0 bridgehead atoms. The Morgan fingerprint density at radius 2 is 1.88 bits per heavy atom. The van der Waals surface area contributed by atoms with Gasteiger partial charge in [-0.1, -0.05) is 12.1 Å². The summed E-state index contributed by atoms with van der Waals surface area (Å²) < 4.78 is 19.0. The van der Waals surface area contributed by atoms with E-state index < -0.39 is 0 Å². The SMILES string of the molecule is COc1ccccc1N1CCN(C(=O)c2c[nH]c3ccc(F)cc23)CC1. The lowest BCUT2D eigenvalue weighted by molar-refractivity contribution is 0.0748. The summed E-state index contributed by atoms with van der Waals surface area (Å²) in [5.41, 5.74) is 2.32. The number of carbonyl (C=O) groups excluding carboxylic acids is 1. The molecule has 1 N–H and O–H groups in total. The number of H-pyrrole nitrogens is 1. The average molecular weight is 353 g/mol. The Morgan fingerprint density at radius 1 is 1.12 bits per heavy atom. The molecule has 0 saturated carbocycles. The first-order valence-corrected chi connectivity index (χ1v) is 8.61. The van der Waals surface area contributed by atoms with E-state index in [0.29, 0.717) is 24.0 Å². The molecule has 1 aliphatic heterocycles. The average Bonchev–Trinajstić information content (AvgIpc) is 3.10. The van der Waals surface area contributed by atoms with Crippen LogP contribution in [0.1, 0.15) is 10.4 Å². The number of nitrogens with zero attached hydrogens (tertiary/aromatic N) is 2. The molecule has 2 aromatic carbocycles. The molecular formula is C20H20FN3O2. The number of nitrogens with one attached hydrogen (secondary N) is 1. The van der Waals surface area contributed by atoms with E-state index in [1.807, 2.05) is 29.2 Å². The number of amides is 1. The van der Waals surface area contributed by atoms with Gasteiger partial charge in [0.25, 0.3) is 5.91 Å². The van der Waals surface area contributed by atoms with E-state index in [0.717, 1.165) is 30.0 Å². The summed E-state index contributed by atoms with van der Waals surface area (Å²) in [6, 6.07) is 12.3. The first kappa shape index (κ1) is 16.4. The second-order valence-electron chi connectivity index (χ2n) is 6.34. The van der Waals surface area contributed by atoms with Crippen LogP contribution in [0.15, 0.2) is 48.7 Å². The fourth-order valence-corrected chi connectivity index (χ4v) is 3.48. The molecule has 3 aromatic rings. The zero-order chi connectivity index (χ0) is 18.1. The van der Waals surface area contributed by atoms with Crippen LogP contribution in [0.25, 0.3) is 10.9 Å². The molecular weight excluding hydrogens is 333 g/mol. The third kappa shape index (κ3) is 2.87. The molecule has 1 amide bonds. The monoisotopic (exact) mass is 353 g/mol. The van der Waals surface area contributed by atoms with Crippen molar-refractivity contribution in [2.75, 3.05) is 38.2 Å². The number of ether oxygens (including phenoxy) is 1. The number of rotatable bonds is 3. The Balaban J connectivity index is 1.50. The molecule has 0 radical (unpaired) electrons. The van der Waals surface area contributed by atoms with Crippen LogP contribution in [0, 0.1) is 5.82 Å². The smallest absolute Gasteiger partial charge is 0.256 e. The number of benzene rings is 2. The maximum Gasteiger partial charge on any atom is 0.256 e. The Labute approximate surface area is 151 Å². The molecule has 1 fully saturated rings. The summed E-state index contributed by atoms with van der Waals surface area (Å²) in [6.45, 7) is 2.67. The van der Waals surface area contributed by atoms with Gasteiger partial charge in [0.2, 0.25) is 0 Å². The lowest BCUT2D eigenvalue weighted by Crippen LogP contribution is -2.48. The molecule has 26 heavy (non-hydrogen) atoms. The van der Waals surface area contributed by atoms with Crippen molar-refractivity contribution in [1.29, 1.82) is 0 Å². The first-order valence-electron chi connectivity index (χ1n) is 8.61. The highest BCUT2D eigenvalue weighted by molar-refractivity contribution is 6.06. The van der Waals surface area contributed by atoms with Crippen molar-refractivity contribution in [3.63, 3.8) is 0 Å². The van der Waals surface area contributed by atoms with Gasteiger partial charge in [0.15, 0.2) is 0 Å². The minimum atomic E-state index is -0.341. The Bertz CT molecular complexity index is 945. The molecule has 1 aromatic heterocycles.